The molecule has 2 aromatic carbocycles. The Bertz CT molecular complexity index is 997. The van der Waals surface area contributed by atoms with E-state index in [9.17, 15) is 9.90 Å². The van der Waals surface area contributed by atoms with Crippen molar-refractivity contribution in [2.75, 3.05) is 0 Å². The molecule has 0 saturated heterocycles. The van der Waals surface area contributed by atoms with Crippen LogP contribution >= 0.6 is 23.2 Å². The summed E-state index contributed by atoms with van der Waals surface area (Å²) in [5, 5.41) is 18.6. The summed E-state index contributed by atoms with van der Waals surface area (Å²) in [6.45, 7) is 2.23. The second-order valence-electron chi connectivity index (χ2n) is 5.78. The van der Waals surface area contributed by atoms with E-state index in [1.807, 2.05) is 24.3 Å². The number of hydrazone groups is 1. The van der Waals surface area contributed by atoms with Crippen molar-refractivity contribution in [3.63, 3.8) is 0 Å². The van der Waals surface area contributed by atoms with Gasteiger partial charge in [0.25, 0.3) is 5.91 Å². The molecule has 2 N–H and O–H groups in total. The van der Waals surface area contributed by atoms with Crippen LogP contribution < -0.4 is 5.43 Å². The maximum atomic E-state index is 12.0. The van der Waals surface area contributed by atoms with Gasteiger partial charge < -0.3 is 5.11 Å². The number of phenols is 1. The van der Waals surface area contributed by atoms with Crippen molar-refractivity contribution in [3.8, 4) is 5.75 Å². The van der Waals surface area contributed by atoms with Crippen LogP contribution in [0.3, 0.4) is 0 Å². The lowest BCUT2D eigenvalue weighted by atomic mass is 10.2. The molecule has 0 bridgehead atoms. The highest BCUT2D eigenvalue weighted by Crippen LogP contribution is 2.22. The maximum Gasteiger partial charge on any atom is 0.271 e. The summed E-state index contributed by atoms with van der Waals surface area (Å²) in [4.78, 5) is 12.0. The number of nitrogens with zero attached hydrogens (tertiary/aromatic N) is 3. The average molecular weight is 403 g/mol. The fourth-order valence-corrected chi connectivity index (χ4v) is 2.92. The number of amides is 1. The van der Waals surface area contributed by atoms with Crippen LogP contribution in [-0.4, -0.2) is 27.0 Å². The summed E-state index contributed by atoms with van der Waals surface area (Å²) >= 11 is 12.6. The van der Waals surface area contributed by atoms with E-state index in [1.165, 1.54) is 30.5 Å². The first kappa shape index (κ1) is 18.9. The molecule has 27 heavy (non-hydrogen) atoms. The van der Waals surface area contributed by atoms with Gasteiger partial charge in [-0.2, -0.15) is 10.2 Å². The molecule has 0 unspecified atom stereocenters. The molecule has 0 fully saturated rings. The van der Waals surface area contributed by atoms with E-state index in [4.69, 9.17) is 23.2 Å². The lowest BCUT2D eigenvalue weighted by molar-refractivity contribution is 0.0955. The monoisotopic (exact) mass is 402 g/mol. The number of phenolic OH excluding ortho intramolecular Hbond substituents is 1. The number of aromatic hydroxyl groups is 1. The van der Waals surface area contributed by atoms with Crippen molar-refractivity contribution in [3.05, 3.63) is 81.1 Å². The van der Waals surface area contributed by atoms with Gasteiger partial charge in [-0.3, -0.25) is 4.79 Å². The quantitative estimate of drug-likeness (QED) is 0.499. The van der Waals surface area contributed by atoms with E-state index in [0.29, 0.717) is 33.5 Å². The fourth-order valence-electron chi connectivity index (χ4n) is 2.44. The number of carbonyl (C=O) groups is 1. The molecule has 3 rings (SSSR count). The van der Waals surface area contributed by atoms with Gasteiger partial charge in [0.05, 0.1) is 24.0 Å². The Morgan fingerprint density at radius 2 is 1.93 bits per heavy atom. The Balaban J connectivity index is 1.72. The average Bonchev–Trinajstić information content (AvgIpc) is 2.91. The number of benzene rings is 2. The van der Waals surface area contributed by atoms with Gasteiger partial charge in [0.2, 0.25) is 0 Å². The highest BCUT2D eigenvalue weighted by molar-refractivity contribution is 6.32. The third-order valence-corrected chi connectivity index (χ3v) is 4.64. The van der Waals surface area contributed by atoms with Crippen LogP contribution in [-0.2, 0) is 6.54 Å². The first-order valence-corrected chi connectivity index (χ1v) is 8.80. The van der Waals surface area contributed by atoms with Gasteiger partial charge >= 0.3 is 0 Å². The lowest BCUT2D eigenvalue weighted by Crippen LogP contribution is -2.17. The van der Waals surface area contributed by atoms with Crippen LogP contribution in [0.15, 0.2) is 53.6 Å². The number of aryl methyl sites for hydroxylation is 1. The predicted molar refractivity (Wildman–Crippen MR) is 106 cm³/mol. The lowest BCUT2D eigenvalue weighted by Gasteiger charge is -2.05. The Hall–Kier alpha value is -2.83. The summed E-state index contributed by atoms with van der Waals surface area (Å²) < 4.78 is 1.63. The molecule has 0 atom stereocenters. The Morgan fingerprint density at radius 3 is 2.63 bits per heavy atom. The topological polar surface area (TPSA) is 79.5 Å². The number of halogens is 2. The van der Waals surface area contributed by atoms with Gasteiger partial charge in [-0.25, -0.2) is 10.1 Å². The minimum atomic E-state index is -0.400. The molecule has 1 heterocycles. The first-order chi connectivity index (χ1) is 13.0. The Kier molecular flexibility index (Phi) is 5.78. The molecular weight excluding hydrogens is 387 g/mol. The van der Waals surface area contributed by atoms with Crippen molar-refractivity contribution in [1.82, 2.24) is 15.2 Å². The summed E-state index contributed by atoms with van der Waals surface area (Å²) in [5.41, 5.74) is 4.98. The highest BCUT2D eigenvalue weighted by atomic mass is 35.5. The van der Waals surface area contributed by atoms with Crippen LogP contribution in [0, 0.1) is 6.92 Å². The molecule has 0 aliphatic heterocycles. The number of carbonyl (C=O) groups excluding carboxylic acids is 1. The minimum absolute atomic E-state index is 0.0865. The molecule has 138 valence electrons. The zero-order valence-corrected chi connectivity index (χ0v) is 15.9. The van der Waals surface area contributed by atoms with E-state index in [0.717, 1.165) is 5.56 Å². The Labute approximate surface area is 166 Å². The van der Waals surface area contributed by atoms with Crippen molar-refractivity contribution in [2.45, 2.75) is 13.5 Å². The molecule has 1 aromatic heterocycles. The first-order valence-electron chi connectivity index (χ1n) is 8.04. The van der Waals surface area contributed by atoms with Gasteiger partial charge in [0.1, 0.15) is 10.9 Å². The smallest absolute Gasteiger partial charge is 0.271 e. The molecular formula is C19H16Cl2N4O2. The molecule has 8 heteroatoms. The minimum Gasteiger partial charge on any atom is -0.508 e. The fraction of sp³-hybridized carbons (Fsp3) is 0.105. The van der Waals surface area contributed by atoms with Crippen LogP contribution in [0.25, 0.3) is 0 Å². The van der Waals surface area contributed by atoms with Gasteiger partial charge in [-0.1, -0.05) is 41.4 Å². The maximum absolute atomic E-state index is 12.0. The number of nitrogens with one attached hydrogen (secondary N) is 1. The molecule has 0 aliphatic rings. The molecule has 3 aromatic rings. The van der Waals surface area contributed by atoms with E-state index >= 15 is 0 Å². The van der Waals surface area contributed by atoms with Crippen LogP contribution in [0.1, 0.15) is 27.2 Å². The van der Waals surface area contributed by atoms with Crippen LogP contribution in [0.5, 0.6) is 5.75 Å². The third kappa shape index (κ3) is 4.48. The number of hydrogen-bond acceptors (Lipinski definition) is 4. The molecule has 1 amide bonds. The standard InChI is InChI=1S/C19H16Cl2N4O2/c1-12-16(10-22-23-19(27)13-6-8-15(26)9-7-13)18(21)25(24-12)11-14-4-2-3-5-17(14)20/h2-10,26H,11H2,1H3,(H,23,27)/b22-10-. The van der Waals surface area contributed by atoms with E-state index in [1.54, 1.807) is 11.6 Å². The van der Waals surface area contributed by atoms with E-state index in [2.05, 4.69) is 15.6 Å². The zero-order valence-electron chi connectivity index (χ0n) is 14.4. The van der Waals surface area contributed by atoms with Crippen LogP contribution in [0.4, 0.5) is 0 Å². The molecule has 0 saturated carbocycles. The summed E-state index contributed by atoms with van der Waals surface area (Å²) in [7, 11) is 0. The van der Waals surface area contributed by atoms with Crippen molar-refractivity contribution < 1.29 is 9.90 Å². The van der Waals surface area contributed by atoms with Gasteiger partial charge in [-0.15, -0.1) is 0 Å². The summed E-state index contributed by atoms with van der Waals surface area (Å²) in [6.07, 6.45) is 1.45. The largest absolute Gasteiger partial charge is 0.508 e. The summed E-state index contributed by atoms with van der Waals surface area (Å²) in [6, 6.07) is 13.3. The second-order valence-corrected chi connectivity index (χ2v) is 6.55. The second kappa shape index (κ2) is 8.24. The van der Waals surface area contributed by atoms with Crippen molar-refractivity contribution >= 4 is 35.3 Å². The SMILES string of the molecule is Cc1nn(Cc2ccccc2Cl)c(Cl)c1/C=N\NC(=O)c1ccc(O)cc1. The normalized spacial score (nSPS) is 11.1. The predicted octanol–water partition coefficient (Wildman–Crippen LogP) is 4.02. The molecule has 0 spiro atoms. The van der Waals surface area contributed by atoms with E-state index in [-0.39, 0.29) is 5.75 Å². The zero-order chi connectivity index (χ0) is 19.4. The van der Waals surface area contributed by atoms with Gasteiger partial charge in [0.15, 0.2) is 0 Å². The van der Waals surface area contributed by atoms with Crippen molar-refractivity contribution in [2.24, 2.45) is 5.10 Å². The van der Waals surface area contributed by atoms with Gasteiger partial charge in [-0.05, 0) is 42.8 Å². The molecule has 6 nitrogen and oxygen atoms in total. The number of aromatic nitrogens is 2. The number of rotatable bonds is 5. The van der Waals surface area contributed by atoms with Crippen LogP contribution in [0.2, 0.25) is 10.2 Å². The number of hydrogen-bond donors (Lipinski definition) is 2. The van der Waals surface area contributed by atoms with Gasteiger partial charge in [0, 0.05) is 10.6 Å². The Morgan fingerprint density at radius 1 is 1.22 bits per heavy atom. The molecule has 0 aliphatic carbocycles. The highest BCUT2D eigenvalue weighted by Gasteiger charge is 2.13. The summed E-state index contributed by atoms with van der Waals surface area (Å²) in [5.74, 6) is -0.313. The van der Waals surface area contributed by atoms with Crippen molar-refractivity contribution in [1.29, 1.82) is 0 Å². The third-order valence-electron chi connectivity index (χ3n) is 3.88. The molecule has 0 radical (unpaired) electrons. The van der Waals surface area contributed by atoms with E-state index < -0.39 is 5.91 Å².